The Morgan fingerprint density at radius 2 is 1.18 bits per heavy atom. The van der Waals surface area contributed by atoms with Crippen molar-refractivity contribution in [2.24, 2.45) is 0 Å². The molecule has 0 amide bonds. The van der Waals surface area contributed by atoms with Gasteiger partial charge in [-0.25, -0.2) is 0 Å². The van der Waals surface area contributed by atoms with Gasteiger partial charge in [0.25, 0.3) is 0 Å². The highest BCUT2D eigenvalue weighted by Crippen LogP contribution is 2.32. The van der Waals surface area contributed by atoms with Crippen molar-refractivity contribution in [3.8, 4) is 5.75 Å². The largest absolute Gasteiger partial charge is 0.497 e. The van der Waals surface area contributed by atoms with Gasteiger partial charge in [-0.2, -0.15) is 0 Å². The van der Waals surface area contributed by atoms with Crippen molar-refractivity contribution >= 4 is 6.71 Å². The highest BCUT2D eigenvalue weighted by molar-refractivity contribution is 6.60. The van der Waals surface area contributed by atoms with E-state index in [-0.39, 0.29) is 0 Å². The Bertz CT molecular complexity index is 444. The van der Waals surface area contributed by atoms with Crippen LogP contribution in [0.2, 0.25) is 12.6 Å². The number of ether oxygens (including phenoxy) is 1. The van der Waals surface area contributed by atoms with Crippen LogP contribution in [0.3, 0.4) is 0 Å². The molecule has 1 aromatic rings. The highest BCUT2D eigenvalue weighted by Gasteiger charge is 2.25. The Balaban J connectivity index is 2.83. The molecule has 0 aliphatic heterocycles. The van der Waals surface area contributed by atoms with Crippen LogP contribution >= 0.6 is 0 Å². The van der Waals surface area contributed by atoms with Crippen molar-refractivity contribution in [1.82, 2.24) is 0 Å². The Morgan fingerprint density at radius 3 is 1.64 bits per heavy atom. The molecule has 1 aromatic carbocycles. The maximum Gasteiger partial charge on any atom is 0.148 e. The molecule has 1 unspecified atom stereocenters. The van der Waals surface area contributed by atoms with Crippen LogP contribution in [0.25, 0.3) is 0 Å². The summed E-state index contributed by atoms with van der Waals surface area (Å²) in [6, 6.07) is 9.02. The normalized spacial score (nSPS) is 12.1. The van der Waals surface area contributed by atoms with Crippen molar-refractivity contribution in [2.75, 3.05) is 7.11 Å². The minimum absolute atomic E-state index is 0.728. The SMILES string of the molecule is CCCCCCB(CCCCCC)C(CCCCCC)c1ccc(OC)cc1. The lowest BCUT2D eigenvalue weighted by Crippen LogP contribution is -2.24. The second-order valence-electron chi connectivity index (χ2n) is 8.69. The van der Waals surface area contributed by atoms with Crippen molar-refractivity contribution in [2.45, 2.75) is 123 Å². The average molecular weight is 386 g/mol. The first-order chi connectivity index (χ1) is 13.8. The maximum absolute atomic E-state index is 5.41. The molecule has 1 atom stereocenters. The lowest BCUT2D eigenvalue weighted by molar-refractivity contribution is 0.414. The summed E-state index contributed by atoms with van der Waals surface area (Å²) in [5.74, 6) is 1.71. The number of benzene rings is 1. The molecule has 28 heavy (non-hydrogen) atoms. The van der Waals surface area contributed by atoms with E-state index < -0.39 is 0 Å². The van der Waals surface area contributed by atoms with E-state index in [0.717, 1.165) is 18.3 Å². The molecular weight excluding hydrogens is 339 g/mol. The van der Waals surface area contributed by atoms with E-state index in [1.54, 1.807) is 12.7 Å². The lowest BCUT2D eigenvalue weighted by Gasteiger charge is -2.26. The summed E-state index contributed by atoms with van der Waals surface area (Å²) in [5.41, 5.74) is 1.55. The van der Waals surface area contributed by atoms with Crippen molar-refractivity contribution in [3.05, 3.63) is 29.8 Å². The van der Waals surface area contributed by atoms with E-state index in [9.17, 15) is 0 Å². The van der Waals surface area contributed by atoms with Crippen LogP contribution < -0.4 is 4.74 Å². The predicted octanol–water partition coefficient (Wildman–Crippen LogP) is 8.94. The summed E-state index contributed by atoms with van der Waals surface area (Å²) in [6.07, 6.45) is 20.8. The molecule has 0 aliphatic rings. The zero-order valence-electron chi connectivity index (χ0n) is 19.5. The van der Waals surface area contributed by atoms with E-state index in [2.05, 4.69) is 45.0 Å². The van der Waals surface area contributed by atoms with Gasteiger partial charge < -0.3 is 4.74 Å². The molecule has 0 saturated carbocycles. The van der Waals surface area contributed by atoms with Gasteiger partial charge in [-0.3, -0.25) is 0 Å². The quantitative estimate of drug-likeness (QED) is 0.181. The molecule has 0 bridgehead atoms. The molecule has 1 rings (SSSR count). The molecule has 0 spiro atoms. The number of hydrogen-bond acceptors (Lipinski definition) is 1. The van der Waals surface area contributed by atoms with Crippen LogP contribution in [0.15, 0.2) is 24.3 Å². The molecule has 0 N–H and O–H groups in total. The Labute approximate surface area is 177 Å². The Kier molecular flexibility index (Phi) is 15.2. The molecule has 2 heteroatoms. The molecule has 0 fully saturated rings. The first-order valence-corrected chi connectivity index (χ1v) is 12.4. The number of methoxy groups -OCH3 is 1. The standard InChI is InChI=1S/C26H47BO/c1-5-8-11-14-17-26(24-18-20-25(28-4)21-19-24)27(22-15-12-9-6-2)23-16-13-10-7-3/h18-21,26H,5-17,22-23H2,1-4H3. The third-order valence-corrected chi connectivity index (χ3v) is 6.34. The summed E-state index contributed by atoms with van der Waals surface area (Å²) in [4.78, 5) is 0. The summed E-state index contributed by atoms with van der Waals surface area (Å²) in [7, 11) is 1.77. The fraction of sp³-hybridized carbons (Fsp3) is 0.769. The van der Waals surface area contributed by atoms with Crippen LogP contribution in [0.4, 0.5) is 0 Å². The second kappa shape index (κ2) is 17.0. The average Bonchev–Trinajstić information content (AvgIpc) is 2.73. The minimum Gasteiger partial charge on any atom is -0.497 e. The fourth-order valence-electron chi connectivity index (χ4n) is 4.53. The van der Waals surface area contributed by atoms with Crippen molar-refractivity contribution in [3.63, 3.8) is 0 Å². The molecule has 0 aromatic heterocycles. The van der Waals surface area contributed by atoms with Gasteiger partial charge in [0.05, 0.1) is 7.11 Å². The molecule has 0 saturated heterocycles. The van der Waals surface area contributed by atoms with Gasteiger partial charge >= 0.3 is 0 Å². The van der Waals surface area contributed by atoms with Crippen molar-refractivity contribution < 1.29 is 4.74 Å². The van der Waals surface area contributed by atoms with Gasteiger partial charge in [-0.1, -0.05) is 135 Å². The Morgan fingerprint density at radius 1 is 0.679 bits per heavy atom. The summed E-state index contributed by atoms with van der Waals surface area (Å²) in [5, 5.41) is 0. The monoisotopic (exact) mass is 386 g/mol. The predicted molar refractivity (Wildman–Crippen MR) is 128 cm³/mol. The van der Waals surface area contributed by atoms with Crippen LogP contribution in [0.1, 0.15) is 116 Å². The zero-order chi connectivity index (χ0) is 20.5. The third kappa shape index (κ3) is 10.6. The van der Waals surface area contributed by atoms with E-state index in [1.807, 2.05) is 0 Å². The molecule has 1 nitrogen and oxygen atoms in total. The van der Waals surface area contributed by atoms with Crippen LogP contribution in [0.5, 0.6) is 5.75 Å². The summed E-state index contributed by atoms with van der Waals surface area (Å²) in [6.45, 7) is 7.79. The highest BCUT2D eigenvalue weighted by atomic mass is 16.5. The van der Waals surface area contributed by atoms with E-state index in [0.29, 0.717) is 0 Å². The smallest absolute Gasteiger partial charge is 0.148 e. The molecule has 0 heterocycles. The van der Waals surface area contributed by atoms with Crippen LogP contribution in [0, 0.1) is 0 Å². The molecule has 160 valence electrons. The summed E-state index contributed by atoms with van der Waals surface area (Å²) < 4.78 is 5.41. The van der Waals surface area contributed by atoms with E-state index in [1.165, 1.54) is 96.1 Å². The topological polar surface area (TPSA) is 9.23 Å². The number of rotatable bonds is 18. The zero-order valence-corrected chi connectivity index (χ0v) is 19.5. The summed E-state index contributed by atoms with van der Waals surface area (Å²) >= 11 is 0. The van der Waals surface area contributed by atoms with Gasteiger partial charge in [-0.05, 0) is 17.9 Å². The molecule has 0 aliphatic carbocycles. The first-order valence-electron chi connectivity index (χ1n) is 12.4. The van der Waals surface area contributed by atoms with Crippen LogP contribution in [-0.2, 0) is 0 Å². The van der Waals surface area contributed by atoms with Crippen molar-refractivity contribution in [1.29, 1.82) is 0 Å². The molecule has 0 radical (unpaired) electrons. The van der Waals surface area contributed by atoms with E-state index >= 15 is 0 Å². The first kappa shape index (κ1) is 25.1. The number of hydrogen-bond donors (Lipinski definition) is 0. The van der Waals surface area contributed by atoms with Gasteiger partial charge in [0.2, 0.25) is 0 Å². The number of unbranched alkanes of at least 4 members (excludes halogenated alkanes) is 9. The maximum atomic E-state index is 5.41. The minimum atomic E-state index is 0.728. The van der Waals surface area contributed by atoms with Gasteiger partial charge in [0, 0.05) is 0 Å². The Hall–Kier alpha value is -0.915. The second-order valence-corrected chi connectivity index (χ2v) is 8.69. The van der Waals surface area contributed by atoms with Crippen LogP contribution in [-0.4, -0.2) is 13.8 Å². The van der Waals surface area contributed by atoms with Gasteiger partial charge in [-0.15, -0.1) is 0 Å². The lowest BCUT2D eigenvalue weighted by atomic mass is 9.34. The van der Waals surface area contributed by atoms with Gasteiger partial charge in [0.15, 0.2) is 0 Å². The molecular formula is C26H47BO. The third-order valence-electron chi connectivity index (χ3n) is 6.34. The van der Waals surface area contributed by atoms with E-state index in [4.69, 9.17) is 4.74 Å². The fourth-order valence-corrected chi connectivity index (χ4v) is 4.53. The van der Waals surface area contributed by atoms with Gasteiger partial charge in [0.1, 0.15) is 12.5 Å².